The van der Waals surface area contributed by atoms with Crippen LogP contribution in [0.15, 0.2) is 11.4 Å². The van der Waals surface area contributed by atoms with Crippen LogP contribution < -0.4 is 10.2 Å². The van der Waals surface area contributed by atoms with Crippen LogP contribution in [-0.2, 0) is 0 Å². The molecule has 3 nitrogen and oxygen atoms in total. The van der Waals surface area contributed by atoms with Gasteiger partial charge in [-0.15, -0.1) is 11.3 Å². The van der Waals surface area contributed by atoms with E-state index in [-0.39, 0.29) is 0 Å². The number of aryl methyl sites for hydroxylation is 1. The van der Waals surface area contributed by atoms with E-state index in [2.05, 4.69) is 47.5 Å². The summed E-state index contributed by atoms with van der Waals surface area (Å²) >= 11 is 1.85. The van der Waals surface area contributed by atoms with Gasteiger partial charge in [-0.2, -0.15) is 0 Å². The summed E-state index contributed by atoms with van der Waals surface area (Å²) in [5.74, 6) is 0.717. The molecule has 1 fully saturated rings. The molecule has 0 radical (unpaired) electrons. The van der Waals surface area contributed by atoms with E-state index in [1.165, 1.54) is 30.2 Å². The summed E-state index contributed by atoms with van der Waals surface area (Å²) < 4.78 is 0. The van der Waals surface area contributed by atoms with E-state index in [0.29, 0.717) is 0 Å². The van der Waals surface area contributed by atoms with E-state index in [9.17, 15) is 0 Å². The number of hydrogen-bond donors (Lipinski definition) is 1. The first-order valence-electron chi connectivity index (χ1n) is 6.85. The third kappa shape index (κ3) is 3.70. The van der Waals surface area contributed by atoms with Crippen molar-refractivity contribution < 1.29 is 0 Å². The molecule has 0 aromatic carbocycles. The molecule has 1 aliphatic rings. The molecule has 1 aromatic heterocycles. The lowest BCUT2D eigenvalue weighted by molar-refractivity contribution is 0.213. The van der Waals surface area contributed by atoms with Crippen molar-refractivity contribution in [3.05, 3.63) is 17.0 Å². The van der Waals surface area contributed by atoms with Crippen molar-refractivity contribution in [1.82, 2.24) is 10.2 Å². The molecular weight excluding hydrogens is 242 g/mol. The molecule has 18 heavy (non-hydrogen) atoms. The van der Waals surface area contributed by atoms with Crippen molar-refractivity contribution in [1.29, 1.82) is 0 Å². The second-order valence-electron chi connectivity index (χ2n) is 5.45. The van der Waals surface area contributed by atoms with Gasteiger partial charge in [0.25, 0.3) is 0 Å². The predicted octanol–water partition coefficient (Wildman–Crippen LogP) is 2.03. The Morgan fingerprint density at radius 1 is 1.44 bits per heavy atom. The second-order valence-corrected chi connectivity index (χ2v) is 6.34. The fourth-order valence-electron chi connectivity index (χ4n) is 2.70. The number of hydrogen-bond acceptors (Lipinski definition) is 4. The molecule has 1 saturated heterocycles. The summed E-state index contributed by atoms with van der Waals surface area (Å²) in [6.07, 6.45) is 0. The molecule has 0 bridgehead atoms. The highest BCUT2D eigenvalue weighted by Gasteiger charge is 2.15. The van der Waals surface area contributed by atoms with Gasteiger partial charge in [-0.1, -0.05) is 6.92 Å². The largest absolute Gasteiger partial charge is 0.366 e. The maximum absolute atomic E-state index is 3.41. The zero-order valence-corrected chi connectivity index (χ0v) is 12.6. The standard InChI is InChI=1S/C14H25N3S/c1-12(11-17-7-5-15-6-8-17)10-16(3)14-13(2)4-9-18-14/h4,9,12,15H,5-8,10-11H2,1-3H3. The molecule has 1 aliphatic heterocycles. The summed E-state index contributed by atoms with van der Waals surface area (Å²) in [5, 5.41) is 7.01. The van der Waals surface area contributed by atoms with Gasteiger partial charge in [-0.05, 0) is 29.9 Å². The van der Waals surface area contributed by atoms with Gasteiger partial charge in [-0.3, -0.25) is 0 Å². The molecule has 1 aromatic rings. The third-order valence-corrected chi connectivity index (χ3v) is 4.68. The first-order valence-corrected chi connectivity index (χ1v) is 7.73. The third-order valence-electron chi connectivity index (χ3n) is 3.55. The van der Waals surface area contributed by atoms with E-state index < -0.39 is 0 Å². The molecule has 1 unspecified atom stereocenters. The summed E-state index contributed by atoms with van der Waals surface area (Å²) in [6, 6.07) is 2.21. The molecule has 2 heterocycles. The fourth-order valence-corrected chi connectivity index (χ4v) is 3.61. The summed E-state index contributed by atoms with van der Waals surface area (Å²) in [4.78, 5) is 4.99. The average molecular weight is 267 g/mol. The van der Waals surface area contributed by atoms with Crippen LogP contribution in [0.1, 0.15) is 12.5 Å². The molecule has 0 amide bonds. The van der Waals surface area contributed by atoms with Crippen LogP contribution in [0.5, 0.6) is 0 Å². The normalized spacial score (nSPS) is 18.8. The van der Waals surface area contributed by atoms with E-state index in [1.807, 2.05) is 11.3 Å². The minimum Gasteiger partial charge on any atom is -0.366 e. The smallest absolute Gasteiger partial charge is 0.0935 e. The van der Waals surface area contributed by atoms with Gasteiger partial charge in [0.1, 0.15) is 0 Å². The maximum atomic E-state index is 3.41. The van der Waals surface area contributed by atoms with Crippen LogP contribution in [0.3, 0.4) is 0 Å². The molecule has 1 N–H and O–H groups in total. The Morgan fingerprint density at radius 3 is 2.78 bits per heavy atom. The van der Waals surface area contributed by atoms with Crippen LogP contribution in [0, 0.1) is 12.8 Å². The quantitative estimate of drug-likeness (QED) is 0.881. The molecule has 2 rings (SSSR count). The number of thiophene rings is 1. The highest BCUT2D eigenvalue weighted by Crippen LogP contribution is 2.26. The highest BCUT2D eigenvalue weighted by molar-refractivity contribution is 7.14. The van der Waals surface area contributed by atoms with Gasteiger partial charge < -0.3 is 15.1 Å². The summed E-state index contributed by atoms with van der Waals surface area (Å²) in [6.45, 7) is 11.6. The molecule has 0 aliphatic carbocycles. The van der Waals surface area contributed by atoms with Crippen molar-refractivity contribution in [2.75, 3.05) is 51.2 Å². The Labute approximate surface area is 115 Å². The lowest BCUT2D eigenvalue weighted by atomic mass is 10.1. The number of anilines is 1. The van der Waals surface area contributed by atoms with Gasteiger partial charge in [0.15, 0.2) is 0 Å². The van der Waals surface area contributed by atoms with Crippen molar-refractivity contribution >= 4 is 16.3 Å². The van der Waals surface area contributed by atoms with Crippen LogP contribution >= 0.6 is 11.3 Å². The number of piperazine rings is 1. The van der Waals surface area contributed by atoms with Crippen molar-refractivity contribution in [3.63, 3.8) is 0 Å². The zero-order valence-electron chi connectivity index (χ0n) is 11.8. The Hall–Kier alpha value is -0.580. The molecule has 102 valence electrons. The summed E-state index contributed by atoms with van der Waals surface area (Å²) in [7, 11) is 2.22. The van der Waals surface area contributed by atoms with Crippen LogP contribution in [0.4, 0.5) is 5.00 Å². The van der Waals surface area contributed by atoms with Gasteiger partial charge in [0, 0.05) is 46.3 Å². The van der Waals surface area contributed by atoms with Gasteiger partial charge in [0.2, 0.25) is 0 Å². The number of rotatable bonds is 5. The van der Waals surface area contributed by atoms with Gasteiger partial charge >= 0.3 is 0 Å². The van der Waals surface area contributed by atoms with Crippen molar-refractivity contribution in [2.45, 2.75) is 13.8 Å². The lowest BCUT2D eigenvalue weighted by Gasteiger charge is -2.31. The first kappa shape index (κ1) is 13.8. The van der Waals surface area contributed by atoms with Gasteiger partial charge in [-0.25, -0.2) is 0 Å². The predicted molar refractivity (Wildman–Crippen MR) is 80.8 cm³/mol. The Balaban J connectivity index is 1.79. The molecule has 4 heteroatoms. The molecule has 1 atom stereocenters. The van der Waals surface area contributed by atoms with E-state index in [4.69, 9.17) is 0 Å². The van der Waals surface area contributed by atoms with Crippen LogP contribution in [0.2, 0.25) is 0 Å². The zero-order chi connectivity index (χ0) is 13.0. The minimum absolute atomic E-state index is 0.717. The summed E-state index contributed by atoms with van der Waals surface area (Å²) in [5.41, 5.74) is 1.40. The first-order chi connectivity index (χ1) is 8.66. The maximum Gasteiger partial charge on any atom is 0.0935 e. The lowest BCUT2D eigenvalue weighted by Crippen LogP contribution is -2.46. The molecule has 0 saturated carbocycles. The number of nitrogens with one attached hydrogen (secondary N) is 1. The monoisotopic (exact) mass is 267 g/mol. The molecule has 0 spiro atoms. The Kier molecular flexibility index (Phi) is 5.03. The second kappa shape index (κ2) is 6.55. The van der Waals surface area contributed by atoms with Gasteiger partial charge in [0.05, 0.1) is 5.00 Å². The fraction of sp³-hybridized carbons (Fsp3) is 0.714. The SMILES string of the molecule is Cc1ccsc1N(C)CC(C)CN1CCNCC1. The molecular formula is C14H25N3S. The Bertz CT molecular complexity index is 358. The average Bonchev–Trinajstić information content (AvgIpc) is 2.76. The van der Waals surface area contributed by atoms with E-state index in [1.54, 1.807) is 0 Å². The van der Waals surface area contributed by atoms with E-state index in [0.717, 1.165) is 25.6 Å². The van der Waals surface area contributed by atoms with Crippen molar-refractivity contribution in [2.24, 2.45) is 5.92 Å². The van der Waals surface area contributed by atoms with Crippen LogP contribution in [0.25, 0.3) is 0 Å². The van der Waals surface area contributed by atoms with Crippen molar-refractivity contribution in [3.8, 4) is 0 Å². The highest BCUT2D eigenvalue weighted by atomic mass is 32.1. The minimum atomic E-state index is 0.717. The Morgan fingerprint density at radius 2 is 2.17 bits per heavy atom. The number of nitrogens with zero attached hydrogens (tertiary/aromatic N) is 2. The van der Waals surface area contributed by atoms with Crippen LogP contribution in [-0.4, -0.2) is 51.2 Å². The topological polar surface area (TPSA) is 18.5 Å². The van der Waals surface area contributed by atoms with E-state index >= 15 is 0 Å².